The normalized spacial score (nSPS) is 49.4. The molecule has 0 amide bonds. The summed E-state index contributed by atoms with van der Waals surface area (Å²) in [5.74, 6) is 2.71. The average Bonchev–Trinajstić information content (AvgIpc) is 2.19. The van der Waals surface area contributed by atoms with Crippen molar-refractivity contribution < 1.29 is 9.53 Å². The summed E-state index contributed by atoms with van der Waals surface area (Å²) in [5, 5.41) is 0. The number of fused-ring (bicyclic) bond motifs is 2. The Morgan fingerprint density at radius 1 is 1.12 bits per heavy atom. The molecule has 0 saturated heterocycles. The molecule has 0 aromatic carbocycles. The lowest BCUT2D eigenvalue weighted by Crippen LogP contribution is -2.62. The van der Waals surface area contributed by atoms with Crippen LogP contribution < -0.4 is 5.73 Å². The highest BCUT2D eigenvalue weighted by atomic mass is 16.5. The molecule has 16 heavy (non-hydrogen) atoms. The number of esters is 1. The predicted octanol–water partition coefficient (Wildman–Crippen LogP) is 1.56. The largest absolute Gasteiger partial charge is 0.466 e. The molecule has 0 aromatic heterocycles. The molecule has 0 radical (unpaired) electrons. The Hall–Kier alpha value is -0.570. The third-order valence-corrected chi connectivity index (χ3v) is 5.25. The highest BCUT2D eigenvalue weighted by molar-refractivity contribution is 5.74. The van der Waals surface area contributed by atoms with E-state index in [2.05, 4.69) is 0 Å². The Bertz CT molecular complexity index is 304. The van der Waals surface area contributed by atoms with Crippen LogP contribution in [0.4, 0.5) is 0 Å². The van der Waals surface area contributed by atoms with Gasteiger partial charge in [-0.3, -0.25) is 4.79 Å². The molecular weight excluding hydrogens is 202 g/mol. The molecule has 3 nitrogen and oxygen atoms in total. The first-order valence-electron chi connectivity index (χ1n) is 6.66. The van der Waals surface area contributed by atoms with Crippen LogP contribution in [0.5, 0.6) is 0 Å². The molecule has 0 heterocycles. The zero-order chi connectivity index (χ0) is 11.3. The van der Waals surface area contributed by atoms with Crippen molar-refractivity contribution >= 4 is 5.97 Å². The first-order valence-corrected chi connectivity index (χ1v) is 6.66. The number of hydrogen-bond acceptors (Lipinski definition) is 3. The fourth-order valence-corrected chi connectivity index (χ4v) is 4.47. The lowest BCUT2D eigenvalue weighted by molar-refractivity contribution is -0.167. The molecule has 0 spiro atoms. The molecule has 4 saturated carbocycles. The molecule has 6 atom stereocenters. The SMILES string of the molecule is CCOC(=O)[C@@H]1[C@@H](N)[C@@H]2CC[C@H]1C1CCC12. The molecular formula is C13H21NO2. The molecule has 4 rings (SSSR count). The van der Waals surface area contributed by atoms with Gasteiger partial charge in [0.15, 0.2) is 0 Å². The summed E-state index contributed by atoms with van der Waals surface area (Å²) in [6.45, 7) is 2.35. The zero-order valence-electron chi connectivity index (χ0n) is 9.89. The minimum absolute atomic E-state index is 0.000231. The third kappa shape index (κ3) is 1.27. The van der Waals surface area contributed by atoms with Crippen LogP contribution in [0.1, 0.15) is 32.6 Å². The fourth-order valence-electron chi connectivity index (χ4n) is 4.47. The van der Waals surface area contributed by atoms with E-state index in [1.54, 1.807) is 0 Å². The van der Waals surface area contributed by atoms with Gasteiger partial charge in [0.25, 0.3) is 0 Å². The molecule has 4 aliphatic carbocycles. The minimum atomic E-state index is -0.0324. The first kappa shape index (κ1) is 10.6. The summed E-state index contributed by atoms with van der Waals surface area (Å²) >= 11 is 0. The van der Waals surface area contributed by atoms with Crippen molar-refractivity contribution in [3.8, 4) is 0 Å². The maximum Gasteiger partial charge on any atom is 0.310 e. The van der Waals surface area contributed by atoms with E-state index >= 15 is 0 Å². The third-order valence-electron chi connectivity index (χ3n) is 5.25. The summed E-state index contributed by atoms with van der Waals surface area (Å²) in [7, 11) is 0. The number of rotatable bonds is 2. The van der Waals surface area contributed by atoms with Gasteiger partial charge in [0.1, 0.15) is 0 Å². The van der Waals surface area contributed by atoms with E-state index in [1.165, 1.54) is 25.7 Å². The quantitative estimate of drug-likeness (QED) is 0.723. The second kappa shape index (κ2) is 3.73. The van der Waals surface area contributed by atoms with Crippen molar-refractivity contribution in [1.29, 1.82) is 0 Å². The van der Waals surface area contributed by atoms with Crippen LogP contribution in [0.15, 0.2) is 0 Å². The van der Waals surface area contributed by atoms with Crippen LogP contribution in [-0.2, 0) is 9.53 Å². The molecule has 4 aliphatic rings. The van der Waals surface area contributed by atoms with Gasteiger partial charge in [-0.05, 0) is 56.3 Å². The van der Waals surface area contributed by atoms with Crippen LogP contribution >= 0.6 is 0 Å². The van der Waals surface area contributed by atoms with Crippen LogP contribution in [0.3, 0.4) is 0 Å². The van der Waals surface area contributed by atoms with Gasteiger partial charge in [-0.1, -0.05) is 0 Å². The van der Waals surface area contributed by atoms with Gasteiger partial charge in [-0.2, -0.15) is 0 Å². The Morgan fingerprint density at radius 2 is 1.69 bits per heavy atom. The Balaban J connectivity index is 1.81. The molecule has 0 aliphatic heterocycles. The highest BCUT2D eigenvalue weighted by Gasteiger charge is 2.58. The fraction of sp³-hybridized carbons (Fsp3) is 0.923. The van der Waals surface area contributed by atoms with Crippen molar-refractivity contribution in [3.63, 3.8) is 0 Å². The Morgan fingerprint density at radius 3 is 2.31 bits per heavy atom. The smallest absolute Gasteiger partial charge is 0.310 e. The minimum Gasteiger partial charge on any atom is -0.466 e. The molecule has 2 N–H and O–H groups in total. The molecule has 3 heteroatoms. The van der Waals surface area contributed by atoms with E-state index < -0.39 is 0 Å². The summed E-state index contributed by atoms with van der Waals surface area (Å²) in [4.78, 5) is 12.0. The van der Waals surface area contributed by atoms with Gasteiger partial charge in [0.05, 0.1) is 12.5 Å². The summed E-state index contributed by atoms with van der Waals surface area (Å²) in [6.07, 6.45) is 5.09. The van der Waals surface area contributed by atoms with Gasteiger partial charge >= 0.3 is 5.97 Å². The van der Waals surface area contributed by atoms with Crippen LogP contribution in [0.2, 0.25) is 0 Å². The van der Waals surface area contributed by atoms with E-state index in [9.17, 15) is 4.79 Å². The van der Waals surface area contributed by atoms with Crippen LogP contribution in [0, 0.1) is 29.6 Å². The topological polar surface area (TPSA) is 52.3 Å². The van der Waals surface area contributed by atoms with E-state index in [0.717, 1.165) is 11.8 Å². The number of hydrogen-bond donors (Lipinski definition) is 1. The van der Waals surface area contributed by atoms with E-state index in [-0.39, 0.29) is 17.9 Å². The van der Waals surface area contributed by atoms with Crippen molar-refractivity contribution in [2.24, 2.45) is 35.3 Å². The monoisotopic (exact) mass is 223 g/mol. The van der Waals surface area contributed by atoms with Gasteiger partial charge in [-0.15, -0.1) is 0 Å². The van der Waals surface area contributed by atoms with Gasteiger partial charge in [-0.25, -0.2) is 0 Å². The second-order valence-electron chi connectivity index (χ2n) is 5.67. The molecule has 90 valence electrons. The first-order chi connectivity index (χ1) is 7.74. The van der Waals surface area contributed by atoms with Gasteiger partial charge in [0.2, 0.25) is 0 Å². The predicted molar refractivity (Wildman–Crippen MR) is 60.5 cm³/mol. The maximum atomic E-state index is 12.0. The van der Waals surface area contributed by atoms with Gasteiger partial charge < -0.3 is 10.5 Å². The number of ether oxygens (including phenoxy) is 1. The van der Waals surface area contributed by atoms with E-state index in [1.807, 2.05) is 6.92 Å². The van der Waals surface area contributed by atoms with Crippen molar-refractivity contribution in [2.45, 2.75) is 38.6 Å². The maximum absolute atomic E-state index is 12.0. The van der Waals surface area contributed by atoms with E-state index in [4.69, 9.17) is 10.5 Å². The Kier molecular flexibility index (Phi) is 2.46. The lowest BCUT2D eigenvalue weighted by Gasteiger charge is -2.60. The summed E-state index contributed by atoms with van der Waals surface area (Å²) in [6, 6.07) is 0.0688. The summed E-state index contributed by atoms with van der Waals surface area (Å²) in [5.41, 5.74) is 6.28. The number of carbonyl (C=O) groups excluding carboxylic acids is 1. The molecule has 0 aromatic rings. The second-order valence-corrected chi connectivity index (χ2v) is 5.67. The molecule has 2 unspecified atom stereocenters. The lowest BCUT2D eigenvalue weighted by atomic mass is 9.46. The standard InChI is InChI=1S/C13H21NO2/c1-2-16-13(15)11-9-5-6-10(12(11)14)8-4-3-7(8)9/h7-12H,2-6,14H2,1H3/t7?,8?,9-,10+,11-,12-/m0/s1. The van der Waals surface area contributed by atoms with Crippen molar-refractivity contribution in [2.75, 3.05) is 6.61 Å². The highest BCUT2D eigenvalue weighted by Crippen LogP contribution is 2.59. The van der Waals surface area contributed by atoms with Crippen molar-refractivity contribution in [1.82, 2.24) is 0 Å². The van der Waals surface area contributed by atoms with Crippen molar-refractivity contribution in [3.05, 3.63) is 0 Å². The van der Waals surface area contributed by atoms with Gasteiger partial charge in [0, 0.05) is 6.04 Å². The number of carbonyl (C=O) groups is 1. The number of nitrogens with two attached hydrogens (primary N) is 1. The molecule has 4 fully saturated rings. The van der Waals surface area contributed by atoms with Crippen LogP contribution in [0.25, 0.3) is 0 Å². The van der Waals surface area contributed by atoms with E-state index in [0.29, 0.717) is 18.4 Å². The Labute approximate surface area is 96.7 Å². The summed E-state index contributed by atoms with van der Waals surface area (Å²) < 4.78 is 5.19. The average molecular weight is 223 g/mol. The zero-order valence-corrected chi connectivity index (χ0v) is 9.89. The molecule has 2 bridgehead atoms. The van der Waals surface area contributed by atoms with Crippen LogP contribution in [-0.4, -0.2) is 18.6 Å².